The lowest BCUT2D eigenvalue weighted by Gasteiger charge is -2.22. The summed E-state index contributed by atoms with van der Waals surface area (Å²) in [5, 5.41) is 9.34. The fourth-order valence-corrected chi connectivity index (χ4v) is 3.12. The molecule has 0 bridgehead atoms. The summed E-state index contributed by atoms with van der Waals surface area (Å²) in [5.41, 5.74) is 3.98. The Hall–Kier alpha value is -2.67. The number of carbonyl (C=O) groups excluding carboxylic acids is 1. The van der Waals surface area contributed by atoms with Gasteiger partial charge >= 0.3 is 0 Å². The van der Waals surface area contributed by atoms with Crippen LogP contribution >= 0.6 is 11.6 Å². The molecular formula is C18H21ClN6O. The van der Waals surface area contributed by atoms with Gasteiger partial charge in [-0.15, -0.1) is 0 Å². The summed E-state index contributed by atoms with van der Waals surface area (Å²) in [4.78, 5) is 19.0. The molecule has 8 heteroatoms. The first kappa shape index (κ1) is 18.1. The maximum atomic E-state index is 13.1. The van der Waals surface area contributed by atoms with E-state index in [-0.39, 0.29) is 5.91 Å². The Morgan fingerprint density at radius 2 is 1.96 bits per heavy atom. The summed E-state index contributed by atoms with van der Waals surface area (Å²) >= 11 is 6.26. The van der Waals surface area contributed by atoms with Crippen molar-refractivity contribution in [3.05, 3.63) is 64.0 Å². The van der Waals surface area contributed by atoms with Gasteiger partial charge in [-0.25, -0.2) is 0 Å². The summed E-state index contributed by atoms with van der Waals surface area (Å²) in [7, 11) is 3.70. The number of carbonyl (C=O) groups is 1. The van der Waals surface area contributed by atoms with Gasteiger partial charge in [0.15, 0.2) is 0 Å². The Labute approximate surface area is 157 Å². The number of amides is 1. The van der Waals surface area contributed by atoms with Gasteiger partial charge < -0.3 is 4.90 Å². The summed E-state index contributed by atoms with van der Waals surface area (Å²) < 4.78 is 3.46. The lowest BCUT2D eigenvalue weighted by atomic mass is 10.1. The first-order valence-corrected chi connectivity index (χ1v) is 8.62. The van der Waals surface area contributed by atoms with Crippen LogP contribution in [0.2, 0.25) is 5.02 Å². The molecule has 0 aliphatic heterocycles. The molecule has 3 aromatic heterocycles. The number of rotatable bonds is 5. The summed E-state index contributed by atoms with van der Waals surface area (Å²) in [6.07, 6.45) is 3.33. The molecular weight excluding hydrogens is 352 g/mol. The topological polar surface area (TPSA) is 68.8 Å². The molecule has 26 heavy (non-hydrogen) atoms. The number of nitrogens with zero attached hydrogens (tertiary/aromatic N) is 6. The third-order valence-corrected chi connectivity index (χ3v) is 4.69. The molecule has 0 spiro atoms. The highest BCUT2D eigenvalue weighted by Gasteiger charge is 2.23. The number of hydrogen-bond acceptors (Lipinski definition) is 4. The average molecular weight is 373 g/mol. The van der Waals surface area contributed by atoms with Crippen molar-refractivity contribution in [2.75, 3.05) is 0 Å². The fourth-order valence-electron chi connectivity index (χ4n) is 2.88. The van der Waals surface area contributed by atoms with Gasteiger partial charge in [-0.2, -0.15) is 10.2 Å². The third kappa shape index (κ3) is 3.62. The number of pyridine rings is 1. The second-order valence-corrected chi connectivity index (χ2v) is 6.65. The van der Waals surface area contributed by atoms with Gasteiger partial charge in [0.2, 0.25) is 0 Å². The van der Waals surface area contributed by atoms with Crippen molar-refractivity contribution >= 4 is 17.5 Å². The van der Waals surface area contributed by atoms with Crippen LogP contribution in [0.15, 0.2) is 30.6 Å². The van der Waals surface area contributed by atoms with Crippen LogP contribution in [-0.4, -0.2) is 35.4 Å². The molecule has 0 saturated carbocycles. The minimum absolute atomic E-state index is 0.171. The number of aromatic nitrogens is 5. The minimum Gasteiger partial charge on any atom is -0.327 e. The zero-order valence-corrected chi connectivity index (χ0v) is 16.0. The molecule has 0 atom stereocenters. The molecule has 3 heterocycles. The van der Waals surface area contributed by atoms with Gasteiger partial charge in [0, 0.05) is 37.7 Å². The van der Waals surface area contributed by atoms with E-state index in [4.69, 9.17) is 11.6 Å². The summed E-state index contributed by atoms with van der Waals surface area (Å²) in [6, 6.07) is 5.29. The van der Waals surface area contributed by atoms with E-state index >= 15 is 0 Å². The van der Waals surface area contributed by atoms with Crippen LogP contribution in [0.25, 0.3) is 0 Å². The molecule has 136 valence electrons. The van der Waals surface area contributed by atoms with Gasteiger partial charge in [-0.05, 0) is 26.0 Å². The molecule has 7 nitrogen and oxygen atoms in total. The fraction of sp³-hybridized carbons (Fsp3) is 0.333. The van der Waals surface area contributed by atoms with Crippen LogP contribution in [-0.2, 0) is 27.2 Å². The van der Waals surface area contributed by atoms with Crippen LogP contribution in [0.5, 0.6) is 0 Å². The zero-order valence-electron chi connectivity index (χ0n) is 15.3. The van der Waals surface area contributed by atoms with E-state index in [0.29, 0.717) is 29.5 Å². The maximum Gasteiger partial charge on any atom is 0.273 e. The molecule has 0 fully saturated rings. The average Bonchev–Trinajstić information content (AvgIpc) is 3.06. The van der Waals surface area contributed by atoms with Crippen molar-refractivity contribution in [1.82, 2.24) is 29.4 Å². The largest absolute Gasteiger partial charge is 0.327 e. The number of halogens is 1. The van der Waals surface area contributed by atoms with Crippen LogP contribution in [0.3, 0.4) is 0 Å². The SMILES string of the molecule is Cc1nn(C)c(C)c1CN(Cc1nn(C)cc1Cl)C(=O)c1ccccn1. The summed E-state index contributed by atoms with van der Waals surface area (Å²) in [6.45, 7) is 4.64. The lowest BCUT2D eigenvalue weighted by molar-refractivity contribution is 0.0721. The molecule has 0 N–H and O–H groups in total. The van der Waals surface area contributed by atoms with Gasteiger partial charge in [0.25, 0.3) is 5.91 Å². The van der Waals surface area contributed by atoms with Crippen molar-refractivity contribution in [3.63, 3.8) is 0 Å². The predicted octanol–water partition coefficient (Wildman–Crippen LogP) is 2.66. The number of aryl methyl sites for hydroxylation is 3. The zero-order chi connectivity index (χ0) is 18.8. The number of hydrogen-bond donors (Lipinski definition) is 0. The Morgan fingerprint density at radius 3 is 2.50 bits per heavy atom. The normalized spacial score (nSPS) is 11.0. The Bertz CT molecular complexity index is 931. The molecule has 0 radical (unpaired) electrons. The van der Waals surface area contributed by atoms with Gasteiger partial charge in [-0.1, -0.05) is 17.7 Å². The predicted molar refractivity (Wildman–Crippen MR) is 98.7 cm³/mol. The van der Waals surface area contributed by atoms with Crippen molar-refractivity contribution in [3.8, 4) is 0 Å². The van der Waals surface area contributed by atoms with E-state index < -0.39 is 0 Å². The molecule has 3 aromatic rings. The van der Waals surface area contributed by atoms with Crippen LogP contribution in [0.4, 0.5) is 0 Å². The molecule has 0 aromatic carbocycles. The Balaban J connectivity index is 1.95. The van der Waals surface area contributed by atoms with Crippen molar-refractivity contribution < 1.29 is 4.79 Å². The Kier molecular flexibility index (Phi) is 5.08. The van der Waals surface area contributed by atoms with E-state index in [9.17, 15) is 4.79 Å². The van der Waals surface area contributed by atoms with E-state index in [1.165, 1.54) is 0 Å². The molecule has 0 aliphatic rings. The van der Waals surface area contributed by atoms with Crippen LogP contribution in [0, 0.1) is 13.8 Å². The quantitative estimate of drug-likeness (QED) is 0.690. The van der Waals surface area contributed by atoms with Crippen LogP contribution < -0.4 is 0 Å². The van der Waals surface area contributed by atoms with E-state index in [1.807, 2.05) is 25.6 Å². The highest BCUT2D eigenvalue weighted by atomic mass is 35.5. The smallest absolute Gasteiger partial charge is 0.273 e. The van der Waals surface area contributed by atoms with Gasteiger partial charge in [-0.3, -0.25) is 19.1 Å². The van der Waals surface area contributed by atoms with E-state index in [0.717, 1.165) is 17.0 Å². The highest BCUT2D eigenvalue weighted by Crippen LogP contribution is 2.21. The molecule has 0 aliphatic carbocycles. The second kappa shape index (κ2) is 7.29. The lowest BCUT2D eigenvalue weighted by Crippen LogP contribution is -2.31. The third-order valence-electron chi connectivity index (χ3n) is 4.37. The Morgan fingerprint density at radius 1 is 1.19 bits per heavy atom. The molecule has 3 rings (SSSR count). The maximum absolute atomic E-state index is 13.1. The monoisotopic (exact) mass is 372 g/mol. The minimum atomic E-state index is -0.171. The van der Waals surface area contributed by atoms with Gasteiger partial charge in [0.05, 0.1) is 23.8 Å². The molecule has 0 unspecified atom stereocenters. The first-order valence-electron chi connectivity index (χ1n) is 8.24. The summed E-state index contributed by atoms with van der Waals surface area (Å²) in [5.74, 6) is -0.171. The molecule has 0 saturated heterocycles. The van der Waals surface area contributed by atoms with Crippen molar-refractivity contribution in [1.29, 1.82) is 0 Å². The van der Waals surface area contributed by atoms with Crippen molar-refractivity contribution in [2.24, 2.45) is 14.1 Å². The van der Waals surface area contributed by atoms with E-state index in [2.05, 4.69) is 15.2 Å². The van der Waals surface area contributed by atoms with Crippen molar-refractivity contribution in [2.45, 2.75) is 26.9 Å². The van der Waals surface area contributed by atoms with Crippen LogP contribution in [0.1, 0.15) is 33.1 Å². The second-order valence-electron chi connectivity index (χ2n) is 6.25. The first-order chi connectivity index (χ1) is 12.4. The van der Waals surface area contributed by atoms with E-state index in [1.54, 1.807) is 47.2 Å². The highest BCUT2D eigenvalue weighted by molar-refractivity contribution is 6.31. The standard InChI is InChI=1S/C18H21ClN6O/c1-12-14(13(2)24(4)21-12)9-25(11-17-15(19)10-23(3)22-17)18(26)16-7-5-6-8-20-16/h5-8,10H,9,11H2,1-4H3. The molecule has 1 amide bonds. The van der Waals surface area contributed by atoms with Gasteiger partial charge in [0.1, 0.15) is 11.4 Å².